The highest BCUT2D eigenvalue weighted by atomic mass is 79.9. The predicted octanol–water partition coefficient (Wildman–Crippen LogP) is 5.39. The Morgan fingerprint density at radius 2 is 1.64 bits per heavy atom. The van der Waals surface area contributed by atoms with Crippen LogP contribution in [0.15, 0.2) is 82.4 Å². The molecule has 1 amide bonds. The molecule has 2 N–H and O–H groups in total. The second-order valence-corrected chi connectivity index (χ2v) is 8.25. The normalized spacial score (nSPS) is 11.8. The molecule has 1 atom stereocenters. The zero-order valence-electron chi connectivity index (χ0n) is 18.4. The number of hydrogen-bond acceptors (Lipinski definition) is 5. The Bertz CT molecular complexity index is 1040. The molecule has 0 bridgehead atoms. The molecule has 6 nitrogen and oxygen atoms in total. The summed E-state index contributed by atoms with van der Waals surface area (Å²) in [6.45, 7) is 2.99. The monoisotopic (exact) mass is 510 g/mol. The first-order valence-corrected chi connectivity index (χ1v) is 11.5. The number of halogens is 1. The lowest BCUT2D eigenvalue weighted by Crippen LogP contribution is -2.18. The lowest BCUT2D eigenvalue weighted by Gasteiger charge is -2.11. The molecule has 0 aliphatic heterocycles. The molecule has 3 aromatic rings. The van der Waals surface area contributed by atoms with Crippen LogP contribution in [-0.2, 0) is 11.4 Å². The summed E-state index contributed by atoms with van der Waals surface area (Å²) in [4.78, 5) is 12.0. The molecule has 0 fully saturated rings. The summed E-state index contributed by atoms with van der Waals surface area (Å²) in [5.41, 5.74) is 5.16. The van der Waals surface area contributed by atoms with Gasteiger partial charge < -0.3 is 14.6 Å². The molecule has 3 aromatic carbocycles. The molecule has 7 heteroatoms. The van der Waals surface area contributed by atoms with E-state index in [4.69, 9.17) is 9.47 Å². The van der Waals surface area contributed by atoms with Crippen molar-refractivity contribution in [2.75, 3.05) is 6.61 Å². The minimum absolute atomic E-state index is 0.161. The molecule has 0 spiro atoms. The highest BCUT2D eigenvalue weighted by molar-refractivity contribution is 9.10. The van der Waals surface area contributed by atoms with Crippen LogP contribution in [0, 0.1) is 0 Å². The molecule has 0 saturated heterocycles. The summed E-state index contributed by atoms with van der Waals surface area (Å²) < 4.78 is 12.2. The molecule has 3 rings (SSSR count). The minimum Gasteiger partial charge on any atom is -0.494 e. The van der Waals surface area contributed by atoms with Crippen molar-refractivity contribution < 1.29 is 19.4 Å². The molecule has 172 valence electrons. The molecular formula is C26H27BrN2O4. The Labute approximate surface area is 202 Å². The van der Waals surface area contributed by atoms with Gasteiger partial charge in [0.2, 0.25) is 5.91 Å². The van der Waals surface area contributed by atoms with Gasteiger partial charge in [-0.2, -0.15) is 5.10 Å². The predicted molar refractivity (Wildman–Crippen MR) is 132 cm³/mol. The topological polar surface area (TPSA) is 80.2 Å². The second-order valence-electron chi connectivity index (χ2n) is 7.33. The summed E-state index contributed by atoms with van der Waals surface area (Å²) in [7, 11) is 0. The van der Waals surface area contributed by atoms with Gasteiger partial charge in [-0.05, 0) is 78.6 Å². The van der Waals surface area contributed by atoms with Gasteiger partial charge >= 0.3 is 0 Å². The Morgan fingerprint density at radius 1 is 1.00 bits per heavy atom. The number of aliphatic hydroxyl groups is 1. The molecule has 0 unspecified atom stereocenters. The first-order valence-electron chi connectivity index (χ1n) is 10.7. The third-order valence-electron chi connectivity index (χ3n) is 4.82. The van der Waals surface area contributed by atoms with E-state index in [2.05, 4.69) is 26.5 Å². The van der Waals surface area contributed by atoms with Crippen molar-refractivity contribution in [2.45, 2.75) is 32.5 Å². The van der Waals surface area contributed by atoms with Crippen LogP contribution < -0.4 is 14.9 Å². The van der Waals surface area contributed by atoms with E-state index in [1.54, 1.807) is 18.3 Å². The van der Waals surface area contributed by atoms with Crippen LogP contribution in [0.5, 0.6) is 11.5 Å². The number of aliphatic hydroxyl groups excluding tert-OH is 1. The quantitative estimate of drug-likeness (QED) is 0.267. The van der Waals surface area contributed by atoms with E-state index in [1.807, 2.05) is 67.6 Å². The van der Waals surface area contributed by atoms with E-state index in [0.29, 0.717) is 19.6 Å². The number of carbonyl (C=O) groups is 1. The summed E-state index contributed by atoms with van der Waals surface area (Å²) >= 11 is 3.42. The first kappa shape index (κ1) is 24.5. The molecule has 0 saturated carbocycles. The highest BCUT2D eigenvalue weighted by Crippen LogP contribution is 2.21. The van der Waals surface area contributed by atoms with E-state index in [0.717, 1.165) is 32.7 Å². The summed E-state index contributed by atoms with van der Waals surface area (Å²) in [6, 6.07) is 22.6. The summed E-state index contributed by atoms with van der Waals surface area (Å²) in [5.74, 6) is 1.25. The van der Waals surface area contributed by atoms with Crippen molar-refractivity contribution in [3.8, 4) is 11.5 Å². The Balaban J connectivity index is 1.39. The number of hydrazone groups is 1. The van der Waals surface area contributed by atoms with Crippen LogP contribution in [0.4, 0.5) is 0 Å². The Morgan fingerprint density at radius 3 is 2.30 bits per heavy atom. The fourth-order valence-electron chi connectivity index (χ4n) is 3.02. The van der Waals surface area contributed by atoms with Crippen LogP contribution >= 0.6 is 15.9 Å². The molecule has 33 heavy (non-hydrogen) atoms. The smallest absolute Gasteiger partial charge is 0.240 e. The molecule has 0 heterocycles. The lowest BCUT2D eigenvalue weighted by molar-refractivity contribution is -0.121. The van der Waals surface area contributed by atoms with Crippen molar-refractivity contribution in [1.82, 2.24) is 5.43 Å². The maximum atomic E-state index is 12.0. The van der Waals surface area contributed by atoms with E-state index in [9.17, 15) is 9.90 Å². The third-order valence-corrected chi connectivity index (χ3v) is 5.35. The summed E-state index contributed by atoms with van der Waals surface area (Å²) in [5, 5.41) is 14.3. The van der Waals surface area contributed by atoms with Gasteiger partial charge in [0.05, 0.1) is 18.9 Å². The highest BCUT2D eigenvalue weighted by Gasteiger charge is 2.10. The lowest BCUT2D eigenvalue weighted by atomic mass is 10.0. The fraction of sp³-hybridized carbons (Fsp3) is 0.231. The number of nitrogens with one attached hydrogen (secondary N) is 1. The maximum absolute atomic E-state index is 12.0. The van der Waals surface area contributed by atoms with Crippen molar-refractivity contribution in [3.63, 3.8) is 0 Å². The average Bonchev–Trinajstić information content (AvgIpc) is 2.84. The van der Waals surface area contributed by atoms with E-state index >= 15 is 0 Å². The molecular weight excluding hydrogens is 484 g/mol. The van der Waals surface area contributed by atoms with Crippen molar-refractivity contribution in [2.24, 2.45) is 5.10 Å². The summed E-state index contributed by atoms with van der Waals surface area (Å²) in [6.07, 6.45) is 1.31. The standard InChI is InChI=1S/C26H27BrN2O4/c1-2-32-23-13-7-21(8-14-23)25(30)15-16-26(31)29-28-17-19-5-11-24(12-6-19)33-18-20-3-9-22(27)10-4-20/h3-14,17,25,30H,2,15-16,18H2,1H3,(H,29,31)/b28-17-/t25-/m0/s1. The van der Waals surface area contributed by atoms with E-state index in [1.165, 1.54) is 0 Å². The number of hydrogen-bond donors (Lipinski definition) is 2. The SMILES string of the molecule is CCOc1ccc([C@@H](O)CCC(=O)N/N=C\c2ccc(OCc3ccc(Br)cc3)cc2)cc1. The van der Waals surface area contributed by atoms with Gasteiger partial charge in [0, 0.05) is 10.9 Å². The van der Waals surface area contributed by atoms with E-state index in [-0.39, 0.29) is 12.3 Å². The fourth-order valence-corrected chi connectivity index (χ4v) is 3.28. The van der Waals surface area contributed by atoms with Crippen LogP contribution in [0.25, 0.3) is 0 Å². The number of nitrogens with zero attached hydrogens (tertiary/aromatic N) is 1. The average molecular weight is 511 g/mol. The Hall–Kier alpha value is -3.16. The second kappa shape index (κ2) is 12.8. The van der Waals surface area contributed by atoms with Crippen molar-refractivity contribution in [3.05, 3.63) is 94.0 Å². The van der Waals surface area contributed by atoms with Gasteiger partial charge in [-0.25, -0.2) is 5.43 Å². The van der Waals surface area contributed by atoms with Crippen LogP contribution in [0.2, 0.25) is 0 Å². The largest absolute Gasteiger partial charge is 0.494 e. The van der Waals surface area contributed by atoms with Crippen LogP contribution in [0.3, 0.4) is 0 Å². The molecule has 0 radical (unpaired) electrons. The number of ether oxygens (including phenoxy) is 2. The van der Waals surface area contributed by atoms with Gasteiger partial charge in [-0.15, -0.1) is 0 Å². The zero-order valence-corrected chi connectivity index (χ0v) is 20.0. The van der Waals surface area contributed by atoms with Gasteiger partial charge in [0.25, 0.3) is 0 Å². The Kier molecular flexibility index (Phi) is 9.47. The number of amides is 1. The van der Waals surface area contributed by atoms with Gasteiger partial charge in [-0.1, -0.05) is 40.2 Å². The first-order chi connectivity index (χ1) is 16.0. The van der Waals surface area contributed by atoms with E-state index < -0.39 is 6.10 Å². The van der Waals surface area contributed by atoms with Crippen LogP contribution in [-0.4, -0.2) is 23.8 Å². The molecule has 0 aliphatic carbocycles. The minimum atomic E-state index is -0.722. The van der Waals surface area contributed by atoms with Crippen LogP contribution in [0.1, 0.15) is 42.6 Å². The third kappa shape index (κ3) is 8.36. The number of carbonyl (C=O) groups excluding carboxylic acids is 1. The van der Waals surface area contributed by atoms with Crippen molar-refractivity contribution >= 4 is 28.1 Å². The molecule has 0 aromatic heterocycles. The van der Waals surface area contributed by atoms with Gasteiger partial charge in [0.1, 0.15) is 18.1 Å². The van der Waals surface area contributed by atoms with Crippen molar-refractivity contribution in [1.29, 1.82) is 0 Å². The maximum Gasteiger partial charge on any atom is 0.240 e. The number of rotatable bonds is 11. The number of benzene rings is 3. The molecule has 0 aliphatic rings. The van der Waals surface area contributed by atoms with Gasteiger partial charge in [-0.3, -0.25) is 4.79 Å². The zero-order chi connectivity index (χ0) is 23.5. The van der Waals surface area contributed by atoms with Gasteiger partial charge in [0.15, 0.2) is 0 Å².